The maximum Gasteiger partial charge on any atom is 0.339 e. The van der Waals surface area contributed by atoms with Crippen LogP contribution >= 0.6 is 0 Å². The molecule has 0 atom stereocenters. The maximum atomic E-state index is 11.5. The summed E-state index contributed by atoms with van der Waals surface area (Å²) in [5, 5.41) is 13.3. The summed E-state index contributed by atoms with van der Waals surface area (Å²) in [4.78, 5) is 24.4. The van der Waals surface area contributed by atoms with Gasteiger partial charge in [-0.1, -0.05) is 11.2 Å². The summed E-state index contributed by atoms with van der Waals surface area (Å²) in [5.74, 6) is -0.725. The van der Waals surface area contributed by atoms with Crippen LogP contribution in [-0.2, 0) is 4.84 Å². The molecule has 9 nitrogen and oxygen atoms in total. The van der Waals surface area contributed by atoms with E-state index in [1.165, 1.54) is 33.5 Å². The Hall–Kier alpha value is -3.36. The third-order valence-electron chi connectivity index (χ3n) is 3.13. The second-order valence-electron chi connectivity index (χ2n) is 4.68. The number of ether oxygens (including phenoxy) is 3. The van der Waals surface area contributed by atoms with E-state index < -0.39 is 5.97 Å². The fraction of sp³-hybridized carbons (Fsp3) is 0.250. The summed E-state index contributed by atoms with van der Waals surface area (Å²) >= 11 is 0. The van der Waals surface area contributed by atoms with Gasteiger partial charge in [-0.25, -0.2) is 4.79 Å². The number of carboxylic acids is 1. The second-order valence-corrected chi connectivity index (χ2v) is 4.68. The Labute approximate surface area is 143 Å². The fourth-order valence-electron chi connectivity index (χ4n) is 2.02. The van der Waals surface area contributed by atoms with Crippen molar-refractivity contribution in [1.29, 1.82) is 0 Å². The molecular weight excluding hydrogens is 330 g/mol. The molecule has 0 saturated carbocycles. The van der Waals surface area contributed by atoms with Gasteiger partial charge in [-0.3, -0.25) is 0 Å². The first kappa shape index (κ1) is 18.0. The number of para-hydroxylation sites is 1. The lowest BCUT2D eigenvalue weighted by atomic mass is 10.1. The molecule has 0 unspecified atom stereocenters. The highest BCUT2D eigenvalue weighted by molar-refractivity contribution is 6.04. The number of carbonyl (C=O) groups is 1. The predicted molar refractivity (Wildman–Crippen MR) is 87.8 cm³/mol. The quantitative estimate of drug-likeness (QED) is 0.600. The van der Waals surface area contributed by atoms with Crippen LogP contribution < -0.4 is 14.2 Å². The summed E-state index contributed by atoms with van der Waals surface area (Å²) in [5.41, 5.74) is 0.774. The molecule has 0 bridgehead atoms. The molecule has 0 aliphatic heterocycles. The molecule has 1 aromatic carbocycles. The van der Waals surface area contributed by atoms with Crippen LogP contribution in [0.25, 0.3) is 0 Å². The Bertz CT molecular complexity index is 784. The molecule has 0 amide bonds. The van der Waals surface area contributed by atoms with Crippen molar-refractivity contribution < 1.29 is 28.9 Å². The van der Waals surface area contributed by atoms with Crippen LogP contribution in [0.2, 0.25) is 0 Å². The minimum Gasteiger partial charge on any atom is -0.481 e. The molecule has 25 heavy (non-hydrogen) atoms. The number of hydrogen-bond acceptors (Lipinski definition) is 8. The number of aromatic nitrogens is 2. The van der Waals surface area contributed by atoms with E-state index in [-0.39, 0.29) is 29.1 Å². The van der Waals surface area contributed by atoms with Crippen LogP contribution in [0.3, 0.4) is 0 Å². The molecule has 2 rings (SSSR count). The monoisotopic (exact) mass is 347 g/mol. The normalized spacial score (nSPS) is 11.0. The van der Waals surface area contributed by atoms with Crippen LogP contribution in [0.4, 0.5) is 0 Å². The molecule has 0 spiro atoms. The number of hydrogen-bond donors (Lipinski definition) is 1. The first-order chi connectivity index (χ1) is 12.0. The van der Waals surface area contributed by atoms with E-state index in [1.54, 1.807) is 19.1 Å². The van der Waals surface area contributed by atoms with Gasteiger partial charge in [-0.15, -0.1) is 0 Å². The Morgan fingerprint density at radius 2 is 1.68 bits per heavy atom. The van der Waals surface area contributed by atoms with Crippen LogP contribution in [-0.4, -0.2) is 48.1 Å². The van der Waals surface area contributed by atoms with E-state index >= 15 is 0 Å². The van der Waals surface area contributed by atoms with Gasteiger partial charge in [0.25, 0.3) is 0 Å². The molecule has 132 valence electrons. The lowest BCUT2D eigenvalue weighted by Gasteiger charge is -2.13. The van der Waals surface area contributed by atoms with Crippen molar-refractivity contribution in [2.75, 3.05) is 21.3 Å². The lowest BCUT2D eigenvalue weighted by molar-refractivity contribution is 0.0694. The van der Waals surface area contributed by atoms with E-state index in [2.05, 4.69) is 15.1 Å². The standard InChI is InChI=1S/C16H17N3O6/c1-9(19-24-4)10-6-5-7-11(15(20)21)14(10)25-16-17-12(22-2)8-13(18-16)23-3/h5-8H,1-4H3,(H,20,21). The molecule has 1 aromatic heterocycles. The van der Waals surface area contributed by atoms with Gasteiger partial charge in [-0.05, 0) is 19.1 Å². The number of methoxy groups -OCH3 is 2. The average Bonchev–Trinajstić information content (AvgIpc) is 2.61. The van der Waals surface area contributed by atoms with Crippen molar-refractivity contribution in [2.24, 2.45) is 5.16 Å². The van der Waals surface area contributed by atoms with E-state index in [1.807, 2.05) is 0 Å². The molecule has 0 saturated heterocycles. The average molecular weight is 347 g/mol. The lowest BCUT2D eigenvalue weighted by Crippen LogP contribution is -2.08. The third-order valence-corrected chi connectivity index (χ3v) is 3.13. The molecule has 0 fully saturated rings. The topological polar surface area (TPSA) is 112 Å². The van der Waals surface area contributed by atoms with Crippen molar-refractivity contribution in [3.05, 3.63) is 35.4 Å². The molecule has 1 heterocycles. The Morgan fingerprint density at radius 1 is 1.08 bits per heavy atom. The van der Waals surface area contributed by atoms with Crippen LogP contribution in [0.5, 0.6) is 23.5 Å². The predicted octanol–water partition coefficient (Wildman–Crippen LogP) is 2.35. The Kier molecular flexibility index (Phi) is 5.72. The SMILES string of the molecule is CON=C(C)c1cccc(C(=O)O)c1Oc1nc(OC)cc(OC)n1. The van der Waals surface area contributed by atoms with Crippen LogP contribution in [0.15, 0.2) is 29.4 Å². The Morgan fingerprint density at radius 3 is 2.20 bits per heavy atom. The van der Waals surface area contributed by atoms with Gasteiger partial charge in [0.05, 0.1) is 26.0 Å². The highest BCUT2D eigenvalue weighted by Crippen LogP contribution is 2.30. The highest BCUT2D eigenvalue weighted by Gasteiger charge is 2.20. The first-order valence-corrected chi connectivity index (χ1v) is 7.09. The number of oxime groups is 1. The van der Waals surface area contributed by atoms with Gasteiger partial charge in [0.2, 0.25) is 11.8 Å². The molecule has 0 radical (unpaired) electrons. The minimum atomic E-state index is -1.17. The number of aromatic carboxylic acids is 1. The number of nitrogens with zero attached hydrogens (tertiary/aromatic N) is 3. The summed E-state index contributed by atoms with van der Waals surface area (Å²) < 4.78 is 15.8. The highest BCUT2D eigenvalue weighted by atomic mass is 16.6. The number of rotatable bonds is 7. The van der Waals surface area contributed by atoms with Crippen molar-refractivity contribution >= 4 is 11.7 Å². The fourth-order valence-corrected chi connectivity index (χ4v) is 2.02. The van der Waals surface area contributed by atoms with Gasteiger partial charge < -0.3 is 24.2 Å². The molecule has 1 N–H and O–H groups in total. The van der Waals surface area contributed by atoms with Crippen LogP contribution in [0, 0.1) is 0 Å². The van der Waals surface area contributed by atoms with E-state index in [4.69, 9.17) is 19.0 Å². The Balaban J connectivity index is 2.58. The summed E-state index contributed by atoms with van der Waals surface area (Å²) in [6.45, 7) is 1.66. The largest absolute Gasteiger partial charge is 0.481 e. The van der Waals surface area contributed by atoms with Crippen LogP contribution in [0.1, 0.15) is 22.8 Å². The maximum absolute atomic E-state index is 11.5. The summed E-state index contributed by atoms with van der Waals surface area (Å²) in [6.07, 6.45) is 0. The smallest absolute Gasteiger partial charge is 0.339 e. The molecule has 9 heteroatoms. The van der Waals surface area contributed by atoms with Crippen molar-refractivity contribution in [2.45, 2.75) is 6.92 Å². The van der Waals surface area contributed by atoms with E-state index in [9.17, 15) is 9.90 Å². The number of benzene rings is 1. The molecular formula is C16H17N3O6. The first-order valence-electron chi connectivity index (χ1n) is 7.09. The third kappa shape index (κ3) is 4.14. The van der Waals surface area contributed by atoms with Gasteiger partial charge >= 0.3 is 12.0 Å². The zero-order valence-corrected chi connectivity index (χ0v) is 14.1. The summed E-state index contributed by atoms with van der Waals surface area (Å²) in [6, 6.07) is 5.97. The van der Waals surface area contributed by atoms with Crippen molar-refractivity contribution in [3.63, 3.8) is 0 Å². The van der Waals surface area contributed by atoms with E-state index in [0.29, 0.717) is 11.3 Å². The summed E-state index contributed by atoms with van der Waals surface area (Å²) in [7, 11) is 4.25. The zero-order chi connectivity index (χ0) is 18.4. The van der Waals surface area contributed by atoms with Gasteiger partial charge in [0.1, 0.15) is 12.7 Å². The second kappa shape index (κ2) is 7.95. The van der Waals surface area contributed by atoms with Crippen molar-refractivity contribution in [1.82, 2.24) is 9.97 Å². The van der Waals surface area contributed by atoms with Gasteiger partial charge in [0.15, 0.2) is 5.75 Å². The van der Waals surface area contributed by atoms with Crippen molar-refractivity contribution in [3.8, 4) is 23.5 Å². The molecule has 2 aromatic rings. The number of carboxylic acid groups (broad SMARTS) is 1. The molecule has 0 aliphatic rings. The van der Waals surface area contributed by atoms with E-state index in [0.717, 1.165) is 0 Å². The zero-order valence-electron chi connectivity index (χ0n) is 14.1. The molecule has 0 aliphatic carbocycles. The van der Waals surface area contributed by atoms with Gasteiger partial charge in [-0.2, -0.15) is 9.97 Å². The minimum absolute atomic E-state index is 0.0311. The van der Waals surface area contributed by atoms with Gasteiger partial charge in [0, 0.05) is 5.56 Å².